The molecule has 0 radical (unpaired) electrons. The minimum absolute atomic E-state index is 0.0149. The topological polar surface area (TPSA) is 76.4 Å². The molecule has 2 amide bonds. The van der Waals surface area contributed by atoms with Gasteiger partial charge in [-0.1, -0.05) is 0 Å². The molecule has 6 nitrogen and oxygen atoms in total. The van der Waals surface area contributed by atoms with E-state index in [1.165, 1.54) is 6.07 Å². The smallest absolute Gasteiger partial charge is 0.226 e. The van der Waals surface area contributed by atoms with E-state index in [2.05, 4.69) is 5.32 Å². The monoisotopic (exact) mass is 358 g/mol. The highest BCUT2D eigenvalue weighted by atomic mass is 19.1. The largest absolute Gasteiger partial charge is 0.369 e. The van der Waals surface area contributed by atoms with Crippen molar-refractivity contribution in [2.24, 2.45) is 5.92 Å². The summed E-state index contributed by atoms with van der Waals surface area (Å²) in [6.07, 6.45) is 1.65. The van der Waals surface area contributed by atoms with E-state index >= 15 is 0 Å². The maximum atomic E-state index is 14.2. The highest BCUT2D eigenvalue weighted by Crippen LogP contribution is 2.28. The molecule has 2 saturated heterocycles. The van der Waals surface area contributed by atoms with Gasteiger partial charge in [0.1, 0.15) is 5.82 Å². The molecular weight excluding hydrogens is 335 g/mol. The molecule has 2 aliphatic rings. The van der Waals surface area contributed by atoms with Crippen molar-refractivity contribution in [2.45, 2.75) is 32.2 Å². The van der Waals surface area contributed by atoms with Gasteiger partial charge in [-0.05, 0) is 38.0 Å². The second-order valence-electron chi connectivity index (χ2n) is 6.97. The number of rotatable bonds is 2. The molecule has 0 aromatic heterocycles. The summed E-state index contributed by atoms with van der Waals surface area (Å²) in [5.74, 6) is -0.421. The van der Waals surface area contributed by atoms with Crippen molar-refractivity contribution in [2.75, 3.05) is 31.1 Å². The molecule has 1 unspecified atom stereocenters. The minimum atomic E-state index is -0.403. The maximum Gasteiger partial charge on any atom is 0.226 e. The third kappa shape index (κ3) is 3.79. The minimum Gasteiger partial charge on any atom is -0.369 e. The first kappa shape index (κ1) is 18.2. The number of nitrogens with zero attached hydrogens (tertiary/aromatic N) is 3. The molecule has 1 aromatic rings. The molecule has 26 heavy (non-hydrogen) atoms. The highest BCUT2D eigenvalue weighted by molar-refractivity contribution is 5.82. The Hall–Kier alpha value is -2.62. The summed E-state index contributed by atoms with van der Waals surface area (Å²) in [6, 6.07) is 6.32. The molecule has 3 rings (SSSR count). The van der Waals surface area contributed by atoms with Crippen LogP contribution in [-0.4, -0.2) is 48.9 Å². The summed E-state index contributed by atoms with van der Waals surface area (Å²) in [4.78, 5) is 28.2. The first-order valence-corrected chi connectivity index (χ1v) is 9.01. The zero-order chi connectivity index (χ0) is 18.7. The Morgan fingerprint density at radius 2 is 2.04 bits per heavy atom. The Balaban J connectivity index is 1.62. The van der Waals surface area contributed by atoms with Crippen LogP contribution >= 0.6 is 0 Å². The zero-order valence-electron chi connectivity index (χ0n) is 14.9. The molecule has 1 N–H and O–H groups in total. The number of hydrogen-bond donors (Lipinski definition) is 1. The van der Waals surface area contributed by atoms with E-state index in [0.29, 0.717) is 56.7 Å². The fraction of sp³-hybridized carbons (Fsp3) is 0.526. The second-order valence-corrected chi connectivity index (χ2v) is 6.97. The average molecular weight is 358 g/mol. The summed E-state index contributed by atoms with van der Waals surface area (Å²) in [7, 11) is 0. The standard InChI is InChI=1S/C19H23FN4O2/c1-13-10-18(25)22-6-9-24(13)19(26)15-4-7-23(8-5-15)17-3-2-14(12-21)11-16(17)20/h2-3,11,13,15H,4-10H2,1H3,(H,22,25). The van der Waals surface area contributed by atoms with Crippen LogP contribution in [0.4, 0.5) is 10.1 Å². The van der Waals surface area contributed by atoms with Crippen LogP contribution in [0.5, 0.6) is 0 Å². The van der Waals surface area contributed by atoms with Crippen LogP contribution in [-0.2, 0) is 9.59 Å². The average Bonchev–Trinajstić information content (AvgIpc) is 2.81. The van der Waals surface area contributed by atoms with Crippen LogP contribution in [0.15, 0.2) is 18.2 Å². The lowest BCUT2D eigenvalue weighted by molar-refractivity contribution is -0.138. The number of halogens is 1. The van der Waals surface area contributed by atoms with E-state index in [4.69, 9.17) is 5.26 Å². The molecule has 2 heterocycles. The summed E-state index contributed by atoms with van der Waals surface area (Å²) in [5, 5.41) is 11.6. The van der Waals surface area contributed by atoms with Gasteiger partial charge < -0.3 is 15.1 Å². The number of nitrogens with one attached hydrogen (secondary N) is 1. The molecule has 138 valence electrons. The van der Waals surface area contributed by atoms with Crippen molar-refractivity contribution >= 4 is 17.5 Å². The Kier molecular flexibility index (Phi) is 5.40. The van der Waals surface area contributed by atoms with Gasteiger partial charge in [-0.2, -0.15) is 5.26 Å². The molecule has 2 aliphatic heterocycles. The van der Waals surface area contributed by atoms with Crippen molar-refractivity contribution in [3.63, 3.8) is 0 Å². The van der Waals surface area contributed by atoms with Crippen molar-refractivity contribution < 1.29 is 14.0 Å². The summed E-state index contributed by atoms with van der Waals surface area (Å²) >= 11 is 0. The Morgan fingerprint density at radius 3 is 2.69 bits per heavy atom. The van der Waals surface area contributed by atoms with Crippen molar-refractivity contribution in [3.8, 4) is 6.07 Å². The highest BCUT2D eigenvalue weighted by Gasteiger charge is 2.33. The molecule has 0 bridgehead atoms. The molecule has 0 aliphatic carbocycles. The Bertz CT molecular complexity index is 738. The molecule has 1 aromatic carbocycles. The predicted octanol–water partition coefficient (Wildman–Crippen LogP) is 1.65. The van der Waals surface area contributed by atoms with Crippen LogP contribution in [0.1, 0.15) is 31.7 Å². The van der Waals surface area contributed by atoms with Gasteiger partial charge >= 0.3 is 0 Å². The van der Waals surface area contributed by atoms with Crippen LogP contribution in [0, 0.1) is 23.1 Å². The molecule has 0 spiro atoms. The maximum absolute atomic E-state index is 14.2. The van der Waals surface area contributed by atoms with Crippen LogP contribution in [0.2, 0.25) is 0 Å². The number of piperidine rings is 1. The third-order valence-electron chi connectivity index (χ3n) is 5.23. The number of carbonyl (C=O) groups excluding carboxylic acids is 2. The van der Waals surface area contributed by atoms with Gasteiger partial charge in [0, 0.05) is 44.6 Å². The molecule has 7 heteroatoms. The number of amides is 2. The molecule has 2 fully saturated rings. The quantitative estimate of drug-likeness (QED) is 0.872. The van der Waals surface area contributed by atoms with E-state index < -0.39 is 5.82 Å². The van der Waals surface area contributed by atoms with Gasteiger partial charge in [-0.3, -0.25) is 9.59 Å². The van der Waals surface area contributed by atoms with Gasteiger partial charge in [-0.25, -0.2) is 4.39 Å². The van der Waals surface area contributed by atoms with Crippen LogP contribution in [0.25, 0.3) is 0 Å². The third-order valence-corrected chi connectivity index (χ3v) is 5.23. The lowest BCUT2D eigenvalue weighted by Gasteiger charge is -2.36. The first-order chi connectivity index (χ1) is 12.5. The van der Waals surface area contributed by atoms with E-state index in [1.807, 2.05) is 17.9 Å². The second kappa shape index (κ2) is 7.73. The van der Waals surface area contributed by atoms with E-state index in [0.717, 1.165) is 0 Å². The summed E-state index contributed by atoms with van der Waals surface area (Å²) in [6.45, 7) is 4.13. The normalized spacial score (nSPS) is 21.7. The Labute approximate surface area is 152 Å². The summed E-state index contributed by atoms with van der Waals surface area (Å²) in [5.41, 5.74) is 0.780. The Morgan fingerprint density at radius 1 is 1.31 bits per heavy atom. The van der Waals surface area contributed by atoms with Crippen molar-refractivity contribution in [1.29, 1.82) is 5.26 Å². The van der Waals surface area contributed by atoms with E-state index in [9.17, 15) is 14.0 Å². The van der Waals surface area contributed by atoms with E-state index in [1.54, 1.807) is 17.0 Å². The number of anilines is 1. The number of carbonyl (C=O) groups is 2. The van der Waals surface area contributed by atoms with Gasteiger partial charge in [0.25, 0.3) is 0 Å². The fourth-order valence-corrected chi connectivity index (χ4v) is 3.75. The van der Waals surface area contributed by atoms with E-state index in [-0.39, 0.29) is 23.8 Å². The van der Waals surface area contributed by atoms with Gasteiger partial charge in [0.05, 0.1) is 17.3 Å². The van der Waals surface area contributed by atoms with Crippen LogP contribution in [0.3, 0.4) is 0 Å². The molecular formula is C19H23FN4O2. The van der Waals surface area contributed by atoms with Gasteiger partial charge in [0.15, 0.2) is 0 Å². The number of benzene rings is 1. The zero-order valence-corrected chi connectivity index (χ0v) is 14.9. The summed E-state index contributed by atoms with van der Waals surface area (Å²) < 4.78 is 14.2. The first-order valence-electron chi connectivity index (χ1n) is 9.01. The fourth-order valence-electron chi connectivity index (χ4n) is 3.75. The lowest BCUT2D eigenvalue weighted by atomic mass is 9.94. The van der Waals surface area contributed by atoms with Crippen molar-refractivity contribution in [3.05, 3.63) is 29.6 Å². The number of nitriles is 1. The van der Waals surface area contributed by atoms with Crippen molar-refractivity contribution in [1.82, 2.24) is 10.2 Å². The van der Waals surface area contributed by atoms with Crippen LogP contribution < -0.4 is 10.2 Å². The van der Waals surface area contributed by atoms with Gasteiger partial charge in [0.2, 0.25) is 11.8 Å². The SMILES string of the molecule is CC1CC(=O)NCCN1C(=O)C1CCN(c2ccc(C#N)cc2F)CC1. The van der Waals surface area contributed by atoms with Gasteiger partial charge in [-0.15, -0.1) is 0 Å². The molecule has 1 atom stereocenters. The predicted molar refractivity (Wildman–Crippen MR) is 94.9 cm³/mol. The lowest BCUT2D eigenvalue weighted by Crippen LogP contribution is -2.46. The molecule has 0 saturated carbocycles. The number of hydrogen-bond acceptors (Lipinski definition) is 4.